The van der Waals surface area contributed by atoms with Gasteiger partial charge in [-0.1, -0.05) is 6.07 Å². The SMILES string of the molecule is CN1CCC(Nc2cccc(N3CCCC3=O)c2)CC1. The van der Waals surface area contributed by atoms with Gasteiger partial charge in [0, 0.05) is 30.4 Å². The van der Waals surface area contributed by atoms with Gasteiger partial charge in [0.1, 0.15) is 0 Å². The van der Waals surface area contributed by atoms with E-state index in [-0.39, 0.29) is 5.91 Å². The molecule has 0 unspecified atom stereocenters. The molecule has 2 heterocycles. The summed E-state index contributed by atoms with van der Waals surface area (Å²) in [6.07, 6.45) is 4.03. The second kappa shape index (κ2) is 5.83. The minimum Gasteiger partial charge on any atom is -0.382 e. The van der Waals surface area contributed by atoms with E-state index in [1.54, 1.807) is 0 Å². The number of carbonyl (C=O) groups is 1. The number of benzene rings is 1. The molecule has 0 aliphatic carbocycles. The van der Waals surface area contributed by atoms with E-state index in [2.05, 4.69) is 29.4 Å². The fourth-order valence-electron chi connectivity index (χ4n) is 3.07. The number of carbonyl (C=O) groups excluding carboxylic acids is 1. The van der Waals surface area contributed by atoms with Gasteiger partial charge in [0.15, 0.2) is 0 Å². The van der Waals surface area contributed by atoms with E-state index in [0.717, 1.165) is 37.4 Å². The van der Waals surface area contributed by atoms with Crippen LogP contribution in [0.25, 0.3) is 0 Å². The molecule has 3 rings (SSSR count). The molecule has 108 valence electrons. The molecule has 0 saturated carbocycles. The number of likely N-dealkylation sites (tertiary alicyclic amines) is 1. The van der Waals surface area contributed by atoms with E-state index in [9.17, 15) is 4.79 Å². The zero-order chi connectivity index (χ0) is 13.9. The Balaban J connectivity index is 1.66. The van der Waals surface area contributed by atoms with E-state index in [1.165, 1.54) is 12.8 Å². The lowest BCUT2D eigenvalue weighted by molar-refractivity contribution is -0.117. The largest absolute Gasteiger partial charge is 0.382 e. The lowest BCUT2D eigenvalue weighted by Gasteiger charge is -2.30. The molecule has 0 atom stereocenters. The molecule has 20 heavy (non-hydrogen) atoms. The van der Waals surface area contributed by atoms with Crippen LogP contribution in [0.3, 0.4) is 0 Å². The summed E-state index contributed by atoms with van der Waals surface area (Å²) in [5.74, 6) is 0.251. The number of anilines is 2. The lowest BCUT2D eigenvalue weighted by atomic mass is 10.1. The first kappa shape index (κ1) is 13.4. The molecule has 0 bridgehead atoms. The average Bonchev–Trinajstić information content (AvgIpc) is 2.88. The van der Waals surface area contributed by atoms with Crippen LogP contribution in [0.2, 0.25) is 0 Å². The highest BCUT2D eigenvalue weighted by atomic mass is 16.2. The Morgan fingerprint density at radius 2 is 2.00 bits per heavy atom. The Morgan fingerprint density at radius 1 is 1.20 bits per heavy atom. The van der Waals surface area contributed by atoms with Crippen LogP contribution in [0.15, 0.2) is 24.3 Å². The van der Waals surface area contributed by atoms with Gasteiger partial charge in [-0.3, -0.25) is 4.79 Å². The number of nitrogens with zero attached hydrogens (tertiary/aromatic N) is 2. The summed E-state index contributed by atoms with van der Waals surface area (Å²) in [4.78, 5) is 16.1. The van der Waals surface area contributed by atoms with Crippen molar-refractivity contribution >= 4 is 17.3 Å². The summed E-state index contributed by atoms with van der Waals surface area (Å²) in [6, 6.07) is 8.83. The van der Waals surface area contributed by atoms with Crippen LogP contribution < -0.4 is 10.2 Å². The van der Waals surface area contributed by atoms with Gasteiger partial charge in [-0.2, -0.15) is 0 Å². The molecule has 2 aliphatic rings. The summed E-state index contributed by atoms with van der Waals surface area (Å²) in [5.41, 5.74) is 2.17. The van der Waals surface area contributed by atoms with Crippen LogP contribution in [0.5, 0.6) is 0 Å². The molecular weight excluding hydrogens is 250 g/mol. The number of rotatable bonds is 3. The fraction of sp³-hybridized carbons (Fsp3) is 0.562. The van der Waals surface area contributed by atoms with E-state index >= 15 is 0 Å². The smallest absolute Gasteiger partial charge is 0.227 e. The van der Waals surface area contributed by atoms with Crippen LogP contribution in [0.4, 0.5) is 11.4 Å². The van der Waals surface area contributed by atoms with Crippen LogP contribution >= 0.6 is 0 Å². The van der Waals surface area contributed by atoms with Crippen LogP contribution in [0.1, 0.15) is 25.7 Å². The maximum atomic E-state index is 11.8. The van der Waals surface area contributed by atoms with Gasteiger partial charge in [-0.25, -0.2) is 0 Å². The van der Waals surface area contributed by atoms with Gasteiger partial charge in [-0.05, 0) is 57.6 Å². The van der Waals surface area contributed by atoms with Crippen molar-refractivity contribution in [2.45, 2.75) is 31.7 Å². The highest BCUT2D eigenvalue weighted by Gasteiger charge is 2.22. The third kappa shape index (κ3) is 2.96. The van der Waals surface area contributed by atoms with E-state index in [1.807, 2.05) is 17.0 Å². The third-order valence-corrected chi connectivity index (χ3v) is 4.32. The molecule has 2 fully saturated rings. The molecular formula is C16H23N3O. The zero-order valence-electron chi connectivity index (χ0n) is 12.1. The highest BCUT2D eigenvalue weighted by Crippen LogP contribution is 2.25. The summed E-state index contributed by atoms with van der Waals surface area (Å²) in [6.45, 7) is 3.17. The predicted octanol–water partition coefficient (Wildman–Crippen LogP) is 2.32. The topological polar surface area (TPSA) is 35.6 Å². The van der Waals surface area contributed by atoms with Gasteiger partial charge < -0.3 is 15.1 Å². The van der Waals surface area contributed by atoms with Gasteiger partial charge in [0.05, 0.1) is 0 Å². The highest BCUT2D eigenvalue weighted by molar-refractivity contribution is 5.95. The molecule has 2 aliphatic heterocycles. The summed E-state index contributed by atoms with van der Waals surface area (Å²) >= 11 is 0. The molecule has 0 spiro atoms. The van der Waals surface area contributed by atoms with E-state index < -0.39 is 0 Å². The van der Waals surface area contributed by atoms with Gasteiger partial charge in [0.2, 0.25) is 5.91 Å². The first-order valence-corrected chi connectivity index (χ1v) is 7.58. The molecule has 1 aromatic carbocycles. The van der Waals surface area contributed by atoms with Crippen LogP contribution in [-0.2, 0) is 4.79 Å². The second-order valence-electron chi connectivity index (χ2n) is 5.92. The Morgan fingerprint density at radius 3 is 2.70 bits per heavy atom. The number of hydrogen-bond donors (Lipinski definition) is 1. The Hall–Kier alpha value is -1.55. The van der Waals surface area contributed by atoms with Crippen molar-refractivity contribution in [2.24, 2.45) is 0 Å². The van der Waals surface area contributed by atoms with Crippen molar-refractivity contribution in [1.82, 2.24) is 4.90 Å². The number of hydrogen-bond acceptors (Lipinski definition) is 3. The minimum atomic E-state index is 0.251. The maximum absolute atomic E-state index is 11.8. The predicted molar refractivity (Wildman–Crippen MR) is 82.2 cm³/mol. The standard InChI is InChI=1S/C16H23N3O/c1-18-10-7-13(8-11-18)17-14-4-2-5-15(12-14)19-9-3-6-16(19)20/h2,4-5,12-13,17H,3,6-11H2,1H3. The van der Waals surface area contributed by atoms with E-state index in [4.69, 9.17) is 0 Å². The normalized spacial score (nSPS) is 21.4. The van der Waals surface area contributed by atoms with Crippen molar-refractivity contribution < 1.29 is 4.79 Å². The number of nitrogens with one attached hydrogen (secondary N) is 1. The molecule has 1 N–H and O–H groups in total. The maximum Gasteiger partial charge on any atom is 0.227 e. The molecule has 1 amide bonds. The number of piperidine rings is 1. The van der Waals surface area contributed by atoms with E-state index in [0.29, 0.717) is 12.5 Å². The summed E-state index contributed by atoms with van der Waals surface area (Å²) in [5, 5.41) is 3.62. The fourth-order valence-corrected chi connectivity index (χ4v) is 3.07. The Kier molecular flexibility index (Phi) is 3.92. The van der Waals surface area contributed by atoms with Crippen molar-refractivity contribution in [1.29, 1.82) is 0 Å². The molecule has 1 aromatic rings. The average molecular weight is 273 g/mol. The molecule has 4 heteroatoms. The molecule has 0 radical (unpaired) electrons. The Bertz CT molecular complexity index is 480. The summed E-state index contributed by atoms with van der Waals surface area (Å²) < 4.78 is 0. The monoisotopic (exact) mass is 273 g/mol. The van der Waals surface area contributed by atoms with Gasteiger partial charge in [0.25, 0.3) is 0 Å². The number of amides is 1. The molecule has 0 aromatic heterocycles. The molecule has 2 saturated heterocycles. The first-order valence-electron chi connectivity index (χ1n) is 7.58. The Labute approximate surface area is 120 Å². The van der Waals surface area contributed by atoms with Gasteiger partial charge >= 0.3 is 0 Å². The second-order valence-corrected chi connectivity index (χ2v) is 5.92. The van der Waals surface area contributed by atoms with Gasteiger partial charge in [-0.15, -0.1) is 0 Å². The lowest BCUT2D eigenvalue weighted by Crippen LogP contribution is -2.36. The van der Waals surface area contributed by atoms with Crippen LogP contribution in [0, 0.1) is 0 Å². The van der Waals surface area contributed by atoms with Crippen molar-refractivity contribution in [3.8, 4) is 0 Å². The third-order valence-electron chi connectivity index (χ3n) is 4.32. The van der Waals surface area contributed by atoms with Crippen molar-refractivity contribution in [3.05, 3.63) is 24.3 Å². The first-order chi connectivity index (χ1) is 9.72. The molecule has 4 nitrogen and oxygen atoms in total. The minimum absolute atomic E-state index is 0.251. The quantitative estimate of drug-likeness (QED) is 0.918. The van der Waals surface area contributed by atoms with Crippen LogP contribution in [-0.4, -0.2) is 43.5 Å². The van der Waals surface area contributed by atoms with Crippen molar-refractivity contribution in [3.63, 3.8) is 0 Å². The summed E-state index contributed by atoms with van der Waals surface area (Å²) in [7, 11) is 2.18. The van der Waals surface area contributed by atoms with Crippen molar-refractivity contribution in [2.75, 3.05) is 36.9 Å². The zero-order valence-corrected chi connectivity index (χ0v) is 12.1.